The first-order chi connectivity index (χ1) is 8.99. The number of aliphatic hydroxyl groups is 1. The van der Waals surface area contributed by atoms with E-state index < -0.39 is 6.10 Å². The zero-order valence-electron chi connectivity index (χ0n) is 11.9. The van der Waals surface area contributed by atoms with Crippen LogP contribution in [0.1, 0.15) is 58.1 Å². The molecule has 106 valence electrons. The zero-order valence-corrected chi connectivity index (χ0v) is 13.5. The Labute approximate surface area is 124 Å². The summed E-state index contributed by atoms with van der Waals surface area (Å²) in [5.41, 5.74) is 0.694. The fourth-order valence-corrected chi connectivity index (χ4v) is 3.21. The Hall–Kier alpha value is -0.540. The third kappa shape index (κ3) is 3.14. The van der Waals surface area contributed by atoms with Crippen molar-refractivity contribution in [2.24, 2.45) is 5.92 Å². The van der Waals surface area contributed by atoms with Gasteiger partial charge in [-0.2, -0.15) is 0 Å². The molecule has 2 nitrogen and oxygen atoms in total. The number of halogens is 1. The van der Waals surface area contributed by atoms with Crippen LogP contribution in [-0.4, -0.2) is 10.7 Å². The molecule has 1 aliphatic rings. The normalized spacial score (nSPS) is 27.5. The second kappa shape index (κ2) is 5.84. The third-order valence-corrected chi connectivity index (χ3v) is 4.78. The van der Waals surface area contributed by atoms with Gasteiger partial charge < -0.3 is 9.84 Å². The quantitative estimate of drug-likeness (QED) is 0.856. The van der Waals surface area contributed by atoms with Crippen LogP contribution < -0.4 is 4.74 Å². The van der Waals surface area contributed by atoms with Gasteiger partial charge in [-0.3, -0.25) is 0 Å². The van der Waals surface area contributed by atoms with E-state index in [1.165, 1.54) is 0 Å². The van der Waals surface area contributed by atoms with Crippen LogP contribution >= 0.6 is 15.9 Å². The molecule has 1 heterocycles. The maximum absolute atomic E-state index is 10.4. The Kier molecular flexibility index (Phi) is 4.57. The standard InChI is InChI=1S/C16H23BrO2/c1-4-11(3)9-16(5-2)10-14(18)13-7-6-12(17)8-15(13)19-16/h6-8,11,14,18H,4-5,9-10H2,1-3H3/t11?,14-,16?/m1/s1. The first-order valence-electron chi connectivity index (χ1n) is 7.16. The van der Waals surface area contributed by atoms with E-state index in [-0.39, 0.29) is 5.60 Å². The molecule has 0 amide bonds. The molecule has 0 aliphatic carbocycles. The summed E-state index contributed by atoms with van der Waals surface area (Å²) in [6, 6.07) is 5.88. The summed E-state index contributed by atoms with van der Waals surface area (Å²) in [5.74, 6) is 1.44. The number of fused-ring (bicyclic) bond motifs is 1. The van der Waals surface area contributed by atoms with Gasteiger partial charge in [-0.05, 0) is 30.9 Å². The van der Waals surface area contributed by atoms with Gasteiger partial charge in [0.15, 0.2) is 0 Å². The monoisotopic (exact) mass is 326 g/mol. The van der Waals surface area contributed by atoms with Crippen LogP contribution in [0, 0.1) is 5.92 Å². The lowest BCUT2D eigenvalue weighted by Crippen LogP contribution is -2.42. The van der Waals surface area contributed by atoms with Crippen molar-refractivity contribution in [2.45, 2.75) is 58.2 Å². The molecular weight excluding hydrogens is 304 g/mol. The Morgan fingerprint density at radius 2 is 2.21 bits per heavy atom. The fourth-order valence-electron chi connectivity index (χ4n) is 2.87. The number of aliphatic hydroxyl groups excluding tert-OH is 1. The summed E-state index contributed by atoms with van der Waals surface area (Å²) in [7, 11) is 0. The van der Waals surface area contributed by atoms with Crippen molar-refractivity contribution in [2.75, 3.05) is 0 Å². The molecular formula is C16H23BrO2. The minimum absolute atomic E-state index is 0.220. The van der Waals surface area contributed by atoms with Gasteiger partial charge in [0.1, 0.15) is 11.4 Å². The molecule has 3 atom stereocenters. The SMILES string of the molecule is CCC(C)CC1(CC)C[C@@H](O)c2ccc(Br)cc2O1. The van der Waals surface area contributed by atoms with Crippen molar-refractivity contribution in [3.05, 3.63) is 28.2 Å². The maximum Gasteiger partial charge on any atom is 0.127 e. The zero-order chi connectivity index (χ0) is 14.0. The van der Waals surface area contributed by atoms with Crippen LogP contribution in [0.2, 0.25) is 0 Å². The lowest BCUT2D eigenvalue weighted by molar-refractivity contribution is -0.0319. The molecule has 1 aliphatic heterocycles. The minimum Gasteiger partial charge on any atom is -0.487 e. The van der Waals surface area contributed by atoms with Gasteiger partial charge in [-0.1, -0.05) is 49.2 Å². The van der Waals surface area contributed by atoms with E-state index in [1.54, 1.807) is 0 Å². The van der Waals surface area contributed by atoms with Gasteiger partial charge in [-0.25, -0.2) is 0 Å². The molecule has 0 saturated carbocycles. The number of benzene rings is 1. The van der Waals surface area contributed by atoms with Crippen LogP contribution in [0.15, 0.2) is 22.7 Å². The summed E-state index contributed by atoms with van der Waals surface area (Å²) < 4.78 is 7.30. The predicted octanol–water partition coefficient (Wildman–Crippen LogP) is 4.85. The summed E-state index contributed by atoms with van der Waals surface area (Å²) in [6.07, 6.45) is 3.36. The molecule has 2 unspecified atom stereocenters. The molecule has 3 heteroatoms. The summed E-state index contributed by atoms with van der Waals surface area (Å²) in [6.45, 7) is 6.61. The van der Waals surface area contributed by atoms with Crippen molar-refractivity contribution in [3.8, 4) is 5.75 Å². The van der Waals surface area contributed by atoms with Gasteiger partial charge >= 0.3 is 0 Å². The molecule has 19 heavy (non-hydrogen) atoms. The van der Waals surface area contributed by atoms with Crippen LogP contribution in [0.3, 0.4) is 0 Å². The maximum atomic E-state index is 10.4. The minimum atomic E-state index is -0.416. The highest BCUT2D eigenvalue weighted by Gasteiger charge is 2.39. The molecule has 1 N–H and O–H groups in total. The fraction of sp³-hybridized carbons (Fsp3) is 0.625. The van der Waals surface area contributed by atoms with Crippen molar-refractivity contribution in [1.29, 1.82) is 0 Å². The second-order valence-corrected chi connectivity index (χ2v) is 6.67. The average molecular weight is 327 g/mol. The molecule has 2 rings (SSSR count). The smallest absolute Gasteiger partial charge is 0.127 e. The van der Waals surface area contributed by atoms with Gasteiger partial charge in [0.05, 0.1) is 6.10 Å². The van der Waals surface area contributed by atoms with E-state index in [2.05, 4.69) is 36.7 Å². The molecule has 0 fully saturated rings. The first kappa shape index (κ1) is 14.9. The molecule has 0 aromatic heterocycles. The van der Waals surface area contributed by atoms with E-state index >= 15 is 0 Å². The Morgan fingerprint density at radius 1 is 1.47 bits per heavy atom. The highest BCUT2D eigenvalue weighted by Crippen LogP contribution is 2.44. The summed E-state index contributed by atoms with van der Waals surface area (Å²) >= 11 is 3.47. The van der Waals surface area contributed by atoms with Crippen molar-refractivity contribution >= 4 is 15.9 Å². The topological polar surface area (TPSA) is 29.5 Å². The Morgan fingerprint density at radius 3 is 2.84 bits per heavy atom. The van der Waals surface area contributed by atoms with Crippen molar-refractivity contribution in [1.82, 2.24) is 0 Å². The van der Waals surface area contributed by atoms with Crippen LogP contribution in [0.25, 0.3) is 0 Å². The van der Waals surface area contributed by atoms with E-state index in [0.717, 1.165) is 35.0 Å². The van der Waals surface area contributed by atoms with Crippen molar-refractivity contribution < 1.29 is 9.84 Å². The van der Waals surface area contributed by atoms with Crippen molar-refractivity contribution in [3.63, 3.8) is 0 Å². The molecule has 0 bridgehead atoms. The number of hydrogen-bond donors (Lipinski definition) is 1. The molecule has 0 radical (unpaired) electrons. The lowest BCUT2D eigenvalue weighted by Gasteiger charge is -2.42. The molecule has 1 aromatic carbocycles. The number of rotatable bonds is 4. The Bertz CT molecular complexity index is 446. The van der Waals surface area contributed by atoms with Gasteiger partial charge in [0, 0.05) is 16.5 Å². The molecule has 0 saturated heterocycles. The highest BCUT2D eigenvalue weighted by atomic mass is 79.9. The van der Waals surface area contributed by atoms with Crippen LogP contribution in [0.4, 0.5) is 0 Å². The summed E-state index contributed by atoms with van der Waals surface area (Å²) in [5, 5.41) is 10.4. The number of ether oxygens (including phenoxy) is 1. The Balaban J connectivity index is 2.30. The van der Waals surface area contributed by atoms with E-state index in [4.69, 9.17) is 4.74 Å². The predicted molar refractivity (Wildman–Crippen MR) is 81.4 cm³/mol. The third-order valence-electron chi connectivity index (χ3n) is 4.29. The van der Waals surface area contributed by atoms with Gasteiger partial charge in [0.2, 0.25) is 0 Å². The first-order valence-corrected chi connectivity index (χ1v) is 7.95. The van der Waals surface area contributed by atoms with Gasteiger partial charge in [-0.15, -0.1) is 0 Å². The second-order valence-electron chi connectivity index (χ2n) is 5.76. The average Bonchev–Trinajstić information content (AvgIpc) is 2.38. The van der Waals surface area contributed by atoms with E-state index in [1.807, 2.05) is 18.2 Å². The molecule has 0 spiro atoms. The molecule has 1 aromatic rings. The largest absolute Gasteiger partial charge is 0.487 e. The summed E-state index contributed by atoms with van der Waals surface area (Å²) in [4.78, 5) is 0. The van der Waals surface area contributed by atoms with E-state index in [0.29, 0.717) is 12.3 Å². The van der Waals surface area contributed by atoms with E-state index in [9.17, 15) is 5.11 Å². The highest BCUT2D eigenvalue weighted by molar-refractivity contribution is 9.10. The lowest BCUT2D eigenvalue weighted by atomic mass is 9.80. The van der Waals surface area contributed by atoms with Crippen LogP contribution in [-0.2, 0) is 0 Å². The number of hydrogen-bond acceptors (Lipinski definition) is 2. The van der Waals surface area contributed by atoms with Crippen LogP contribution in [0.5, 0.6) is 5.75 Å². The van der Waals surface area contributed by atoms with Gasteiger partial charge in [0.25, 0.3) is 0 Å².